The van der Waals surface area contributed by atoms with Crippen molar-refractivity contribution in [1.82, 2.24) is 0 Å². The normalized spacial score (nSPS) is 13.2. The lowest BCUT2D eigenvalue weighted by Crippen LogP contribution is -2.07. The van der Waals surface area contributed by atoms with Crippen LogP contribution < -0.4 is 0 Å². The Hall–Kier alpha value is -0.0400. The van der Waals surface area contributed by atoms with Gasteiger partial charge in [-0.2, -0.15) is 0 Å². The van der Waals surface area contributed by atoms with Gasteiger partial charge in [0.15, 0.2) is 0 Å². The second-order valence-electron chi connectivity index (χ2n) is 3.74. The fourth-order valence-corrected chi connectivity index (χ4v) is 1.25. The SMILES string of the molecule is [CH2]CC(C)OCCCCCCCC. The van der Waals surface area contributed by atoms with E-state index in [4.69, 9.17) is 4.74 Å². The highest BCUT2D eigenvalue weighted by Gasteiger charge is 1.96. The molecule has 1 heteroatoms. The minimum absolute atomic E-state index is 0.343. The van der Waals surface area contributed by atoms with Crippen molar-refractivity contribution >= 4 is 0 Å². The van der Waals surface area contributed by atoms with Crippen LogP contribution >= 0.6 is 0 Å². The summed E-state index contributed by atoms with van der Waals surface area (Å²) in [6.07, 6.45) is 9.24. The molecular weight excluding hydrogens is 160 g/mol. The van der Waals surface area contributed by atoms with E-state index in [0.29, 0.717) is 6.10 Å². The Bertz CT molecular complexity index is 91.1. The maximum atomic E-state index is 5.54. The van der Waals surface area contributed by atoms with Gasteiger partial charge in [-0.1, -0.05) is 46.0 Å². The topological polar surface area (TPSA) is 9.23 Å². The second kappa shape index (κ2) is 10.0. The first-order chi connectivity index (χ1) is 6.31. The van der Waals surface area contributed by atoms with Gasteiger partial charge >= 0.3 is 0 Å². The van der Waals surface area contributed by atoms with Crippen molar-refractivity contribution < 1.29 is 4.74 Å². The highest BCUT2D eigenvalue weighted by molar-refractivity contribution is 4.51. The van der Waals surface area contributed by atoms with E-state index in [0.717, 1.165) is 13.0 Å². The molecule has 79 valence electrons. The molecule has 0 amide bonds. The molecule has 0 aromatic rings. The molecule has 13 heavy (non-hydrogen) atoms. The van der Waals surface area contributed by atoms with E-state index >= 15 is 0 Å². The molecule has 0 aliphatic rings. The van der Waals surface area contributed by atoms with E-state index in [-0.39, 0.29) is 0 Å². The molecule has 0 aromatic heterocycles. The van der Waals surface area contributed by atoms with E-state index in [9.17, 15) is 0 Å². The highest BCUT2D eigenvalue weighted by atomic mass is 16.5. The van der Waals surface area contributed by atoms with E-state index < -0.39 is 0 Å². The lowest BCUT2D eigenvalue weighted by molar-refractivity contribution is 0.0648. The van der Waals surface area contributed by atoms with Gasteiger partial charge in [0.2, 0.25) is 0 Å². The number of unbranched alkanes of at least 4 members (excludes halogenated alkanes) is 5. The summed E-state index contributed by atoms with van der Waals surface area (Å²) in [7, 11) is 0. The first kappa shape index (κ1) is 13.0. The summed E-state index contributed by atoms with van der Waals surface area (Å²) in [5.41, 5.74) is 0. The van der Waals surface area contributed by atoms with E-state index in [2.05, 4.69) is 20.8 Å². The summed E-state index contributed by atoms with van der Waals surface area (Å²) >= 11 is 0. The van der Waals surface area contributed by atoms with Crippen molar-refractivity contribution in [2.24, 2.45) is 0 Å². The molecule has 0 fully saturated rings. The molecule has 0 N–H and O–H groups in total. The van der Waals surface area contributed by atoms with E-state index in [1.54, 1.807) is 0 Å². The van der Waals surface area contributed by atoms with Crippen LogP contribution in [0.3, 0.4) is 0 Å². The van der Waals surface area contributed by atoms with Crippen LogP contribution in [0.4, 0.5) is 0 Å². The molecule has 0 spiro atoms. The molecule has 0 saturated heterocycles. The Labute approximate surface area is 83.9 Å². The first-order valence-electron chi connectivity index (χ1n) is 5.72. The van der Waals surface area contributed by atoms with Gasteiger partial charge in [-0.05, 0) is 19.8 Å². The summed E-state index contributed by atoms with van der Waals surface area (Å²) in [4.78, 5) is 0. The first-order valence-corrected chi connectivity index (χ1v) is 5.72. The quantitative estimate of drug-likeness (QED) is 0.494. The molecule has 0 heterocycles. The smallest absolute Gasteiger partial charge is 0.0547 e. The van der Waals surface area contributed by atoms with Gasteiger partial charge < -0.3 is 4.74 Å². The third-order valence-corrected chi connectivity index (χ3v) is 2.31. The van der Waals surface area contributed by atoms with E-state index in [1.165, 1.54) is 38.5 Å². The predicted molar refractivity (Wildman–Crippen MR) is 58.8 cm³/mol. The third kappa shape index (κ3) is 9.88. The molecule has 0 rings (SSSR count). The van der Waals surface area contributed by atoms with Gasteiger partial charge in [0, 0.05) is 6.61 Å². The van der Waals surface area contributed by atoms with Crippen LogP contribution in [0.5, 0.6) is 0 Å². The monoisotopic (exact) mass is 185 g/mol. The lowest BCUT2D eigenvalue weighted by atomic mass is 10.1. The fraction of sp³-hybridized carbons (Fsp3) is 0.917. The van der Waals surface area contributed by atoms with Crippen molar-refractivity contribution in [1.29, 1.82) is 0 Å². The van der Waals surface area contributed by atoms with Crippen molar-refractivity contribution in [3.8, 4) is 0 Å². The molecule has 0 aromatic carbocycles. The van der Waals surface area contributed by atoms with E-state index in [1.807, 2.05) is 0 Å². The van der Waals surface area contributed by atoms with Crippen molar-refractivity contribution in [3.63, 3.8) is 0 Å². The Kier molecular flexibility index (Phi) is 10.0. The van der Waals surface area contributed by atoms with Crippen LogP contribution in [0.15, 0.2) is 0 Å². The number of hydrogen-bond donors (Lipinski definition) is 0. The summed E-state index contributed by atoms with van der Waals surface area (Å²) < 4.78 is 5.54. The minimum atomic E-state index is 0.343. The zero-order chi connectivity index (χ0) is 9.94. The van der Waals surface area contributed by atoms with Gasteiger partial charge in [0.1, 0.15) is 0 Å². The molecular formula is C12H25O. The molecule has 1 unspecified atom stereocenters. The summed E-state index contributed by atoms with van der Waals surface area (Å²) in [5, 5.41) is 0. The van der Waals surface area contributed by atoms with Crippen LogP contribution in [-0.4, -0.2) is 12.7 Å². The molecule has 0 saturated carbocycles. The standard InChI is InChI=1S/C12H25O/c1-4-6-7-8-9-10-11-13-12(3)5-2/h12H,2,4-11H2,1,3H3. The molecule has 1 radical (unpaired) electrons. The van der Waals surface area contributed by atoms with Crippen LogP contribution in [0.1, 0.15) is 58.8 Å². The largest absolute Gasteiger partial charge is 0.379 e. The molecule has 1 atom stereocenters. The van der Waals surface area contributed by atoms with Crippen molar-refractivity contribution in [3.05, 3.63) is 6.92 Å². The number of hydrogen-bond acceptors (Lipinski definition) is 1. The predicted octanol–water partition coefficient (Wildman–Crippen LogP) is 3.98. The maximum Gasteiger partial charge on any atom is 0.0547 e. The third-order valence-electron chi connectivity index (χ3n) is 2.31. The summed E-state index contributed by atoms with van der Waals surface area (Å²) in [6.45, 7) is 9.06. The molecule has 1 nitrogen and oxygen atoms in total. The van der Waals surface area contributed by atoms with Gasteiger partial charge in [-0.3, -0.25) is 0 Å². The molecule has 0 aliphatic carbocycles. The second-order valence-corrected chi connectivity index (χ2v) is 3.74. The van der Waals surface area contributed by atoms with Gasteiger partial charge in [0.05, 0.1) is 6.10 Å². The van der Waals surface area contributed by atoms with Gasteiger partial charge in [0.25, 0.3) is 0 Å². The minimum Gasteiger partial charge on any atom is -0.379 e. The lowest BCUT2D eigenvalue weighted by Gasteiger charge is -2.09. The van der Waals surface area contributed by atoms with Gasteiger partial charge in [-0.25, -0.2) is 0 Å². The maximum absolute atomic E-state index is 5.54. The Balaban J connectivity index is 2.91. The van der Waals surface area contributed by atoms with Crippen LogP contribution in [-0.2, 0) is 4.74 Å². The number of ether oxygens (including phenoxy) is 1. The summed E-state index contributed by atoms with van der Waals surface area (Å²) in [5.74, 6) is 0. The average Bonchev–Trinajstić information content (AvgIpc) is 2.16. The Morgan fingerprint density at radius 3 is 2.31 bits per heavy atom. The fourth-order valence-electron chi connectivity index (χ4n) is 1.25. The Morgan fingerprint density at radius 1 is 1.08 bits per heavy atom. The van der Waals surface area contributed by atoms with Crippen LogP contribution in [0.25, 0.3) is 0 Å². The highest BCUT2D eigenvalue weighted by Crippen LogP contribution is 2.06. The summed E-state index contributed by atoms with van der Waals surface area (Å²) in [6, 6.07) is 0. The zero-order valence-electron chi connectivity index (χ0n) is 9.35. The number of rotatable bonds is 9. The van der Waals surface area contributed by atoms with Gasteiger partial charge in [-0.15, -0.1) is 0 Å². The average molecular weight is 185 g/mol. The van der Waals surface area contributed by atoms with Crippen LogP contribution in [0.2, 0.25) is 0 Å². The van der Waals surface area contributed by atoms with Crippen molar-refractivity contribution in [2.75, 3.05) is 6.61 Å². The van der Waals surface area contributed by atoms with Crippen LogP contribution in [0, 0.1) is 6.92 Å². The molecule has 0 aliphatic heterocycles. The molecule has 0 bridgehead atoms. The Morgan fingerprint density at radius 2 is 1.69 bits per heavy atom. The van der Waals surface area contributed by atoms with Crippen molar-refractivity contribution in [2.45, 2.75) is 64.9 Å². The zero-order valence-corrected chi connectivity index (χ0v) is 9.35.